The van der Waals surface area contributed by atoms with E-state index in [1.54, 1.807) is 107 Å². The van der Waals surface area contributed by atoms with Gasteiger partial charge >= 0.3 is 0 Å². The normalized spacial score (nSPS) is 10.4. The molecule has 0 amide bonds. The smallest absolute Gasteiger partial charge is 0.270 e. The number of rotatable bonds is 18. The van der Waals surface area contributed by atoms with Crippen LogP contribution in [0.25, 0.3) is 77.3 Å². The number of fused-ring (bicyclic) bond motifs is 3. The lowest BCUT2D eigenvalue weighted by molar-refractivity contribution is -0.384. The fraction of sp³-hybridized carbons (Fsp3) is 0.0787. The van der Waals surface area contributed by atoms with Gasteiger partial charge in [0.25, 0.3) is 15.7 Å². The fourth-order valence-electron chi connectivity index (χ4n) is 11.7. The van der Waals surface area contributed by atoms with E-state index in [4.69, 9.17) is 18.1 Å². The molecule has 0 aliphatic heterocycles. The molecule has 2 N–H and O–H groups in total. The second kappa shape index (κ2) is 40.8. The number of hydrogen-bond donors (Lipinski definition) is 2. The van der Waals surface area contributed by atoms with Crippen molar-refractivity contribution in [1.82, 2.24) is 44.1 Å². The van der Waals surface area contributed by atoms with Gasteiger partial charge in [0.2, 0.25) is 0 Å². The van der Waals surface area contributed by atoms with Gasteiger partial charge in [0.15, 0.2) is 68.1 Å². The Bertz CT molecular complexity index is 6300. The topological polar surface area (TPSA) is 389 Å². The Hall–Kier alpha value is -15.5. The monoisotopic (exact) mass is 1620 g/mol. The predicted molar refractivity (Wildman–Crippen MR) is 445 cm³/mol. The highest BCUT2D eigenvalue weighted by molar-refractivity contribution is 7.90. The van der Waals surface area contributed by atoms with Crippen molar-refractivity contribution in [3.05, 3.63) is 349 Å². The van der Waals surface area contributed by atoms with Crippen LogP contribution in [0.5, 0.6) is 0 Å². The number of aromatic amines is 2. The van der Waals surface area contributed by atoms with Gasteiger partial charge < -0.3 is 32.6 Å². The molecule has 9 aromatic heterocycles. The number of nitro groups is 1. The van der Waals surface area contributed by atoms with E-state index in [9.17, 15) is 61.7 Å². The second-order valence-corrected chi connectivity index (χ2v) is 28.2. The van der Waals surface area contributed by atoms with Crippen molar-refractivity contribution in [3.63, 3.8) is 0 Å². The minimum absolute atomic E-state index is 0.00963. The van der Waals surface area contributed by atoms with Crippen LogP contribution in [-0.4, -0.2) is 114 Å². The zero-order valence-corrected chi connectivity index (χ0v) is 65.5. The summed E-state index contributed by atoms with van der Waals surface area (Å²) < 4.78 is 48.4. The molecular formula is C89H72N10O17S2. The van der Waals surface area contributed by atoms with Gasteiger partial charge in [-0.25, -0.2) is 17.4 Å². The summed E-state index contributed by atoms with van der Waals surface area (Å²) in [5, 5.41) is 29.5. The highest BCUT2D eigenvalue weighted by Gasteiger charge is 2.22. The highest BCUT2D eigenvalue weighted by Crippen LogP contribution is 2.30. The number of nitrogens with one attached hydrogen (secondary N) is 2. The number of H-pyrrole nitrogens is 2. The van der Waals surface area contributed by atoms with Gasteiger partial charge in [0.1, 0.15) is 40.1 Å². The zero-order chi connectivity index (χ0) is 84.3. The molecule has 0 atom stereocenters. The van der Waals surface area contributed by atoms with E-state index in [-0.39, 0.29) is 22.0 Å². The number of para-hydroxylation sites is 2. The van der Waals surface area contributed by atoms with Crippen molar-refractivity contribution in [2.24, 2.45) is 0 Å². The molecule has 0 aliphatic carbocycles. The summed E-state index contributed by atoms with van der Waals surface area (Å²) in [7, 11) is -3.71. The number of thiophene rings is 1. The van der Waals surface area contributed by atoms with E-state index in [0.717, 1.165) is 90.5 Å². The number of benzene rings is 8. The minimum Gasteiger partial charge on any atom is -0.361 e. The lowest BCUT2D eigenvalue weighted by Crippen LogP contribution is -2.11. The number of nitro benzene ring substituents is 1. The van der Waals surface area contributed by atoms with Crippen LogP contribution < -0.4 is 0 Å². The summed E-state index contributed by atoms with van der Waals surface area (Å²) in [5.41, 5.74) is 13.7. The summed E-state index contributed by atoms with van der Waals surface area (Å²) in [6.07, 6.45) is 9.70. The van der Waals surface area contributed by atoms with Crippen LogP contribution in [0.1, 0.15) is 133 Å². The summed E-state index contributed by atoms with van der Waals surface area (Å²) in [6.45, 7) is 11.4. The van der Waals surface area contributed by atoms with Crippen LogP contribution in [0.3, 0.4) is 0 Å². The van der Waals surface area contributed by atoms with Gasteiger partial charge in [-0.3, -0.25) is 53.3 Å². The van der Waals surface area contributed by atoms with Crippen LogP contribution in [0.4, 0.5) is 5.69 Å². The molecule has 0 saturated heterocycles. The molecule has 9 heterocycles. The molecule has 27 nitrogen and oxygen atoms in total. The van der Waals surface area contributed by atoms with Crippen molar-refractivity contribution in [2.75, 3.05) is 0 Å². The van der Waals surface area contributed by atoms with Crippen LogP contribution in [0.15, 0.2) is 271 Å². The predicted octanol–water partition coefficient (Wildman–Crippen LogP) is 18.6. The van der Waals surface area contributed by atoms with E-state index in [2.05, 4.69) is 52.3 Å². The summed E-state index contributed by atoms with van der Waals surface area (Å²) in [5.74, 6) is 2.85. The number of imidazole rings is 1. The van der Waals surface area contributed by atoms with E-state index in [0.29, 0.717) is 127 Å². The lowest BCUT2D eigenvalue weighted by Gasteiger charge is -2.07. The summed E-state index contributed by atoms with van der Waals surface area (Å²) in [6, 6.07) is 70.0. The lowest BCUT2D eigenvalue weighted by atomic mass is 10.1. The first-order valence-electron chi connectivity index (χ1n) is 35.7. The van der Waals surface area contributed by atoms with E-state index >= 15 is 0 Å². The Balaban J connectivity index is 0.000000143. The molecule has 0 spiro atoms. The molecule has 17 rings (SSSR count). The molecule has 29 heteroatoms. The van der Waals surface area contributed by atoms with Gasteiger partial charge in [0, 0.05) is 103 Å². The Labute approximate surface area is 677 Å². The second-order valence-electron chi connectivity index (χ2n) is 25.5. The number of aromatic nitrogens is 9. The van der Waals surface area contributed by atoms with E-state index in [1.165, 1.54) is 23.9 Å². The first-order chi connectivity index (χ1) is 57.2. The molecule has 0 saturated carbocycles. The maximum Gasteiger partial charge on any atom is 0.270 e. The van der Waals surface area contributed by atoms with Gasteiger partial charge in [-0.05, 0) is 88.9 Å². The van der Waals surface area contributed by atoms with Gasteiger partial charge in [-0.15, -0.1) is 11.3 Å². The maximum atomic E-state index is 12.7. The number of carbonyl (C=O) groups excluding carboxylic acids is 9. The van der Waals surface area contributed by atoms with Gasteiger partial charge in [0.05, 0.1) is 48.3 Å². The molecule has 592 valence electrons. The largest absolute Gasteiger partial charge is 0.361 e. The zero-order valence-electron chi connectivity index (χ0n) is 63.9. The number of nitrogens with zero attached hydrogens (tertiary/aromatic N) is 8. The first-order valence-corrected chi connectivity index (χ1v) is 38.0. The fourth-order valence-corrected chi connectivity index (χ4v) is 13.7. The van der Waals surface area contributed by atoms with Gasteiger partial charge in [-0.1, -0.05) is 202 Å². The van der Waals surface area contributed by atoms with Crippen molar-refractivity contribution in [2.45, 2.75) is 53.0 Å². The van der Waals surface area contributed by atoms with Crippen LogP contribution in [-0.2, 0) is 16.6 Å². The third-order valence-electron chi connectivity index (χ3n) is 17.7. The van der Waals surface area contributed by atoms with Crippen molar-refractivity contribution < 1.29 is 74.6 Å². The van der Waals surface area contributed by atoms with Crippen LogP contribution in [0.2, 0.25) is 0 Å². The van der Waals surface area contributed by atoms with E-state index < -0.39 is 14.9 Å². The molecule has 8 aromatic carbocycles. The molecular weight excluding hydrogens is 1550 g/mol. The Morgan fingerprint density at radius 3 is 1.57 bits per heavy atom. The number of non-ortho nitro benzene ring substituents is 1. The summed E-state index contributed by atoms with van der Waals surface area (Å²) >= 11 is 1.55. The Morgan fingerprint density at radius 1 is 0.475 bits per heavy atom. The molecule has 0 aliphatic rings. The van der Waals surface area contributed by atoms with Crippen LogP contribution in [0, 0.1) is 51.7 Å². The first kappa shape index (κ1) is 84.9. The van der Waals surface area contributed by atoms with Crippen molar-refractivity contribution in [1.29, 1.82) is 0 Å². The number of aryl methyl sites for hydroxylation is 6. The highest BCUT2D eigenvalue weighted by atomic mass is 32.2. The average Bonchev–Trinajstić information content (AvgIpc) is 1.62. The molecule has 118 heavy (non-hydrogen) atoms. The molecule has 17 aromatic rings. The molecule has 0 fully saturated rings. The third-order valence-corrected chi connectivity index (χ3v) is 20.3. The average molecular weight is 1620 g/mol. The maximum absolute atomic E-state index is 12.7. The number of aldehydes is 9. The number of hydrogen-bond acceptors (Lipinski definition) is 23. The Morgan fingerprint density at radius 2 is 1.03 bits per heavy atom. The van der Waals surface area contributed by atoms with Crippen LogP contribution >= 0.6 is 11.3 Å². The molecule has 0 radical (unpaired) electrons. The molecule has 0 unspecified atom stereocenters. The quantitative estimate of drug-likeness (QED) is 0.0458. The molecule has 0 bridgehead atoms. The Kier molecular flexibility index (Phi) is 29.4. The standard InChI is InChI=1S/C16H13NO3S.C16H13NO.C11H8N2O2.2C11H9NO2.C10H8N2O3.C8H5NO2S.C6H7NO2/c1-12-6-8-14(9-7-12)21(19,20)17-10-13(11-18)15-4-2-3-5-16(15)17;18-12-14-11-17(10-13-6-2-1-3-7-13)16-9-5-4-8-15(14)16;14-6-9-10(7-15)13-11(12-9)8-4-2-1-3-5-8;1-8-10(7-13)11(12-14-8)9-5-3-2-4-6-9;1-8-10(7-13)11(14-12-8)9-5-3-2-4-6-9;1-6-9(5-13)8-4-7(12(14)15)2-3-10(8)11-6;10-5-6-4-7(11-9-6)8-2-1-3-12-8;1-4-6(3-8)5(2)9-7-4/h2-11H,1H3;1-9,11-12H,10H2;1-7H,(H,12,13);2*2-7H,1H3;2-5,11H,1H3;1-5H;3H,1-2H3. The van der Waals surface area contributed by atoms with Crippen molar-refractivity contribution >= 4 is 116 Å². The summed E-state index contributed by atoms with van der Waals surface area (Å²) in [4.78, 5) is 117. The number of carbonyl (C=O) groups is 9. The van der Waals surface area contributed by atoms with E-state index in [1.807, 2.05) is 164 Å². The third kappa shape index (κ3) is 20.8. The van der Waals surface area contributed by atoms with Gasteiger partial charge in [-0.2, -0.15) is 0 Å². The SMILES string of the molecule is Cc1[nH]c2ccc([N+](=O)[O-])cc2c1C=O.Cc1ccc(S(=O)(=O)n2cc(C=O)c3ccccc32)cc1.Cc1noc(-c2ccccc2)c1C=O.Cc1noc(C)c1C=O.Cc1onc(-c2ccccc2)c1C=O.O=Cc1cc(-c2cccs2)on1.O=Cc1cn(Cc2ccccc2)c2ccccc12.O=Cc1nc(-c2ccccc2)[nH]c1C=O. The van der Waals surface area contributed by atoms with Crippen molar-refractivity contribution in [3.8, 4) is 44.6 Å². The minimum atomic E-state index is -3.71.